The number of aromatic nitrogens is 2. The first-order valence-electron chi connectivity index (χ1n) is 11.1. The van der Waals surface area contributed by atoms with Crippen LogP contribution in [0, 0.1) is 0 Å². The topological polar surface area (TPSA) is 76.6 Å². The number of nitrogens with zero attached hydrogens (tertiary/aromatic N) is 3. The normalized spacial score (nSPS) is 14.7. The summed E-state index contributed by atoms with van der Waals surface area (Å²) in [5.41, 5.74) is 4.21. The minimum absolute atomic E-state index is 0.179. The number of amides is 1. The van der Waals surface area contributed by atoms with Crippen molar-refractivity contribution in [1.82, 2.24) is 14.9 Å². The van der Waals surface area contributed by atoms with Crippen LogP contribution >= 0.6 is 22.7 Å². The molecule has 0 bridgehead atoms. The molecule has 1 fully saturated rings. The largest absolute Gasteiger partial charge is 0.492 e. The monoisotopic (exact) mass is 490 g/mol. The Morgan fingerprint density at radius 2 is 1.94 bits per heavy atom. The maximum atomic E-state index is 12.9. The van der Waals surface area contributed by atoms with Crippen LogP contribution in [-0.2, 0) is 4.74 Å². The number of carbonyl (C=O) groups excluding carboxylic acids is 1. The lowest BCUT2D eigenvalue weighted by atomic mass is 10.1. The van der Waals surface area contributed by atoms with Crippen LogP contribution in [-0.4, -0.2) is 60.2 Å². The van der Waals surface area contributed by atoms with Crippen molar-refractivity contribution in [3.05, 3.63) is 59.6 Å². The molecular weight excluding hydrogens is 468 g/mol. The Morgan fingerprint density at radius 3 is 2.85 bits per heavy atom. The standard InChI is InChI=1S/C25H22N4O3S2/c30-24(28-25-27-20-5-6-21-22(23(20)34-25)26-15-33-21)18-2-1-17-14-19(4-3-16(17)13-18)32-12-9-29-7-10-31-11-8-29/h1-6,13-15H,7-12H2,(H,27,28,30). The molecule has 9 heteroatoms. The first-order valence-corrected chi connectivity index (χ1v) is 12.8. The maximum absolute atomic E-state index is 12.9. The van der Waals surface area contributed by atoms with Gasteiger partial charge in [0.25, 0.3) is 5.91 Å². The van der Waals surface area contributed by atoms with Gasteiger partial charge in [0.05, 0.1) is 33.6 Å². The van der Waals surface area contributed by atoms with Gasteiger partial charge in [-0.05, 0) is 47.2 Å². The number of ether oxygens (including phenoxy) is 2. The van der Waals surface area contributed by atoms with E-state index in [2.05, 4.69) is 20.2 Å². The third kappa shape index (κ3) is 4.35. The van der Waals surface area contributed by atoms with Gasteiger partial charge in [-0.2, -0.15) is 0 Å². The molecule has 1 N–H and O–H groups in total. The number of rotatable bonds is 6. The van der Waals surface area contributed by atoms with Crippen molar-refractivity contribution in [2.24, 2.45) is 0 Å². The third-order valence-corrected chi connectivity index (χ3v) is 7.72. The lowest BCUT2D eigenvalue weighted by Crippen LogP contribution is -2.38. The molecule has 1 aliphatic heterocycles. The molecule has 0 unspecified atom stereocenters. The Kier molecular flexibility index (Phi) is 5.84. The van der Waals surface area contributed by atoms with Gasteiger partial charge in [-0.15, -0.1) is 11.3 Å². The smallest absolute Gasteiger partial charge is 0.257 e. The Morgan fingerprint density at radius 1 is 1.09 bits per heavy atom. The van der Waals surface area contributed by atoms with Crippen molar-refractivity contribution in [2.45, 2.75) is 0 Å². The molecule has 0 radical (unpaired) electrons. The summed E-state index contributed by atoms with van der Waals surface area (Å²) in [6, 6.07) is 15.6. The molecule has 6 rings (SSSR count). The molecule has 1 amide bonds. The number of benzene rings is 3. The average Bonchev–Trinajstić information content (AvgIpc) is 3.50. The lowest BCUT2D eigenvalue weighted by Gasteiger charge is -2.26. The van der Waals surface area contributed by atoms with Gasteiger partial charge in [-0.1, -0.05) is 23.5 Å². The van der Waals surface area contributed by atoms with E-state index in [1.54, 1.807) is 11.3 Å². The molecule has 0 atom stereocenters. The first-order chi connectivity index (χ1) is 16.7. The van der Waals surface area contributed by atoms with E-state index in [1.807, 2.05) is 54.0 Å². The molecule has 3 heterocycles. The number of hydrogen-bond donors (Lipinski definition) is 1. The number of carbonyl (C=O) groups is 1. The Labute approximate surface area is 204 Å². The number of nitrogens with one attached hydrogen (secondary N) is 1. The van der Waals surface area contributed by atoms with Gasteiger partial charge in [-0.25, -0.2) is 9.97 Å². The summed E-state index contributed by atoms with van der Waals surface area (Å²) in [7, 11) is 0. The second-order valence-electron chi connectivity index (χ2n) is 8.11. The predicted octanol–water partition coefficient (Wildman–Crippen LogP) is 5.02. The van der Waals surface area contributed by atoms with Gasteiger partial charge in [0.15, 0.2) is 5.13 Å². The molecular formula is C25H22N4O3S2. The zero-order valence-corrected chi connectivity index (χ0v) is 20.0. The van der Waals surface area contributed by atoms with Crippen molar-refractivity contribution in [3.8, 4) is 5.75 Å². The van der Waals surface area contributed by atoms with E-state index in [4.69, 9.17) is 9.47 Å². The fourth-order valence-corrected chi connectivity index (χ4v) is 5.82. The number of hydrogen-bond acceptors (Lipinski definition) is 8. The number of morpholine rings is 1. The summed E-state index contributed by atoms with van der Waals surface area (Å²) >= 11 is 3.05. The summed E-state index contributed by atoms with van der Waals surface area (Å²) in [6.45, 7) is 5.03. The van der Waals surface area contributed by atoms with Crippen molar-refractivity contribution >= 4 is 64.9 Å². The van der Waals surface area contributed by atoms with Gasteiger partial charge >= 0.3 is 0 Å². The molecule has 0 aliphatic carbocycles. The van der Waals surface area contributed by atoms with Gasteiger partial charge in [0, 0.05) is 25.2 Å². The molecule has 3 aromatic carbocycles. The highest BCUT2D eigenvalue weighted by Gasteiger charge is 2.14. The first kappa shape index (κ1) is 21.4. The van der Waals surface area contributed by atoms with Crippen LogP contribution < -0.4 is 10.1 Å². The second kappa shape index (κ2) is 9.27. The van der Waals surface area contributed by atoms with E-state index in [9.17, 15) is 4.79 Å². The van der Waals surface area contributed by atoms with Crippen LogP contribution in [0.4, 0.5) is 5.13 Å². The quantitative estimate of drug-likeness (QED) is 0.360. The summed E-state index contributed by atoms with van der Waals surface area (Å²) in [5, 5.41) is 5.54. The van der Waals surface area contributed by atoms with E-state index in [0.717, 1.165) is 69.8 Å². The fraction of sp³-hybridized carbons (Fsp3) is 0.240. The highest BCUT2D eigenvalue weighted by Crippen LogP contribution is 2.33. The number of thiazole rings is 2. The minimum atomic E-state index is -0.179. The second-order valence-corrected chi connectivity index (χ2v) is 10.00. The summed E-state index contributed by atoms with van der Waals surface area (Å²) in [6.07, 6.45) is 0. The Balaban J connectivity index is 1.14. The van der Waals surface area contributed by atoms with Crippen molar-refractivity contribution in [2.75, 3.05) is 44.8 Å². The van der Waals surface area contributed by atoms with Gasteiger partial charge < -0.3 is 9.47 Å². The fourth-order valence-electron chi connectivity index (χ4n) is 4.11. The highest BCUT2D eigenvalue weighted by atomic mass is 32.1. The summed E-state index contributed by atoms with van der Waals surface area (Å²) < 4.78 is 13.4. The van der Waals surface area contributed by atoms with E-state index < -0.39 is 0 Å². The summed E-state index contributed by atoms with van der Waals surface area (Å²) in [5.74, 6) is 0.655. The molecule has 7 nitrogen and oxygen atoms in total. The van der Waals surface area contributed by atoms with E-state index in [-0.39, 0.29) is 5.91 Å². The van der Waals surface area contributed by atoms with E-state index in [0.29, 0.717) is 17.3 Å². The van der Waals surface area contributed by atoms with Crippen LogP contribution in [0.25, 0.3) is 31.2 Å². The SMILES string of the molecule is O=C(Nc1nc2ccc3scnc3c2s1)c1ccc2cc(OCCN3CCOCC3)ccc2c1. The van der Waals surface area contributed by atoms with Crippen molar-refractivity contribution in [1.29, 1.82) is 0 Å². The number of anilines is 1. The predicted molar refractivity (Wildman–Crippen MR) is 137 cm³/mol. The van der Waals surface area contributed by atoms with Gasteiger partial charge in [0.1, 0.15) is 17.9 Å². The van der Waals surface area contributed by atoms with Gasteiger partial charge in [0.2, 0.25) is 0 Å². The molecule has 5 aromatic rings. The minimum Gasteiger partial charge on any atom is -0.492 e. The van der Waals surface area contributed by atoms with Crippen LogP contribution in [0.1, 0.15) is 10.4 Å². The Bertz CT molecular complexity index is 1490. The molecule has 1 aliphatic rings. The van der Waals surface area contributed by atoms with Gasteiger partial charge in [-0.3, -0.25) is 15.0 Å². The van der Waals surface area contributed by atoms with Crippen LogP contribution in [0.2, 0.25) is 0 Å². The van der Waals surface area contributed by atoms with Crippen LogP contribution in [0.15, 0.2) is 54.0 Å². The molecule has 34 heavy (non-hydrogen) atoms. The van der Waals surface area contributed by atoms with E-state index in [1.165, 1.54) is 11.3 Å². The van der Waals surface area contributed by atoms with E-state index >= 15 is 0 Å². The average molecular weight is 491 g/mol. The van der Waals surface area contributed by atoms with Crippen LogP contribution in [0.5, 0.6) is 5.75 Å². The maximum Gasteiger partial charge on any atom is 0.257 e. The molecule has 1 saturated heterocycles. The van der Waals surface area contributed by atoms with Crippen molar-refractivity contribution < 1.29 is 14.3 Å². The lowest BCUT2D eigenvalue weighted by molar-refractivity contribution is 0.0322. The van der Waals surface area contributed by atoms with Crippen LogP contribution in [0.3, 0.4) is 0 Å². The summed E-state index contributed by atoms with van der Waals surface area (Å²) in [4.78, 5) is 24.3. The highest BCUT2D eigenvalue weighted by molar-refractivity contribution is 7.24. The zero-order valence-electron chi connectivity index (χ0n) is 18.3. The number of fused-ring (bicyclic) bond motifs is 4. The third-order valence-electron chi connectivity index (χ3n) is 5.93. The zero-order chi connectivity index (χ0) is 22.9. The molecule has 0 spiro atoms. The molecule has 0 saturated carbocycles. The molecule has 2 aromatic heterocycles. The van der Waals surface area contributed by atoms with Crippen molar-refractivity contribution in [3.63, 3.8) is 0 Å². The molecule has 172 valence electrons. The Hall–Kier alpha value is -3.11.